The molecule has 1 N–H and O–H groups in total. The highest BCUT2D eigenvalue weighted by Gasteiger charge is 2.22. The summed E-state index contributed by atoms with van der Waals surface area (Å²) in [6.45, 7) is 3.72. The lowest BCUT2D eigenvalue weighted by Gasteiger charge is -2.30. The molecule has 1 aliphatic rings. The molecule has 2 aromatic carbocycles. The summed E-state index contributed by atoms with van der Waals surface area (Å²) in [6, 6.07) is 11.6. The van der Waals surface area contributed by atoms with Crippen molar-refractivity contribution in [2.75, 3.05) is 18.4 Å². The van der Waals surface area contributed by atoms with Crippen LogP contribution in [0.3, 0.4) is 0 Å². The van der Waals surface area contributed by atoms with Gasteiger partial charge in [0.2, 0.25) is 0 Å². The smallest absolute Gasteiger partial charge is 0.255 e. The lowest BCUT2D eigenvalue weighted by atomic mass is 9.98. The van der Waals surface area contributed by atoms with Crippen molar-refractivity contribution < 1.29 is 9.59 Å². The molecule has 0 aliphatic carbocycles. The van der Waals surface area contributed by atoms with E-state index in [1.165, 1.54) is 0 Å². The van der Waals surface area contributed by atoms with Crippen molar-refractivity contribution in [1.29, 1.82) is 0 Å². The van der Waals surface area contributed by atoms with Gasteiger partial charge in [0, 0.05) is 29.2 Å². The van der Waals surface area contributed by atoms with Gasteiger partial charge in [0.1, 0.15) is 0 Å². The molecule has 26 heavy (non-hydrogen) atoms. The Labute approximate surface area is 163 Å². The molecule has 1 aliphatic heterocycles. The number of benzene rings is 2. The topological polar surface area (TPSA) is 49.4 Å². The van der Waals surface area contributed by atoms with Crippen molar-refractivity contribution in [2.45, 2.75) is 19.8 Å². The second-order valence-electron chi connectivity index (χ2n) is 6.63. The standard InChI is InChI=1S/C20H20Cl2N2O2/c1-13-7-9-24(10-8-13)20(26)15-4-2-3-14(11-15)19(25)23-18-6-5-16(21)12-17(18)22/h2-6,11-13H,7-10H2,1H3,(H,23,25). The summed E-state index contributed by atoms with van der Waals surface area (Å²) in [5.74, 6) is 0.299. The lowest BCUT2D eigenvalue weighted by molar-refractivity contribution is 0.0697. The van der Waals surface area contributed by atoms with Gasteiger partial charge in [0.05, 0.1) is 10.7 Å². The largest absolute Gasteiger partial charge is 0.339 e. The molecule has 1 saturated heterocycles. The Morgan fingerprint density at radius 1 is 1.04 bits per heavy atom. The Balaban J connectivity index is 1.74. The molecule has 1 fully saturated rings. The predicted molar refractivity (Wildman–Crippen MR) is 105 cm³/mol. The van der Waals surface area contributed by atoms with E-state index in [2.05, 4.69) is 12.2 Å². The van der Waals surface area contributed by atoms with Crippen molar-refractivity contribution >= 4 is 40.7 Å². The Morgan fingerprint density at radius 3 is 2.42 bits per heavy atom. The first kappa shape index (κ1) is 18.7. The van der Waals surface area contributed by atoms with Crippen molar-refractivity contribution in [3.8, 4) is 0 Å². The highest BCUT2D eigenvalue weighted by molar-refractivity contribution is 6.36. The van der Waals surface area contributed by atoms with Gasteiger partial charge in [0.15, 0.2) is 0 Å². The van der Waals surface area contributed by atoms with E-state index in [-0.39, 0.29) is 11.8 Å². The Bertz CT molecular complexity index is 830. The SMILES string of the molecule is CC1CCN(C(=O)c2cccc(C(=O)Nc3ccc(Cl)cc3Cl)c2)CC1. The summed E-state index contributed by atoms with van der Waals surface area (Å²) in [7, 11) is 0. The molecule has 0 spiro atoms. The number of likely N-dealkylation sites (tertiary alicyclic amines) is 1. The first-order valence-electron chi connectivity index (χ1n) is 8.60. The van der Waals surface area contributed by atoms with E-state index < -0.39 is 0 Å². The van der Waals surface area contributed by atoms with E-state index >= 15 is 0 Å². The zero-order valence-corrected chi connectivity index (χ0v) is 16.0. The molecule has 136 valence electrons. The van der Waals surface area contributed by atoms with Gasteiger partial charge < -0.3 is 10.2 Å². The van der Waals surface area contributed by atoms with Gasteiger partial charge in [-0.3, -0.25) is 9.59 Å². The minimum Gasteiger partial charge on any atom is -0.339 e. The zero-order valence-electron chi connectivity index (χ0n) is 14.5. The molecule has 1 heterocycles. The average Bonchev–Trinajstić information content (AvgIpc) is 2.64. The third-order valence-electron chi connectivity index (χ3n) is 4.62. The van der Waals surface area contributed by atoms with Crippen LogP contribution in [0.2, 0.25) is 10.0 Å². The van der Waals surface area contributed by atoms with Gasteiger partial charge in [-0.25, -0.2) is 0 Å². The summed E-state index contributed by atoms with van der Waals surface area (Å²) in [5.41, 5.74) is 1.41. The minimum atomic E-state index is -0.323. The zero-order chi connectivity index (χ0) is 18.7. The van der Waals surface area contributed by atoms with Gasteiger partial charge in [-0.15, -0.1) is 0 Å². The fourth-order valence-electron chi connectivity index (χ4n) is 2.97. The summed E-state index contributed by atoms with van der Waals surface area (Å²) in [4.78, 5) is 27.1. The molecule has 0 saturated carbocycles. The van der Waals surface area contributed by atoms with Crippen LogP contribution < -0.4 is 5.32 Å². The van der Waals surface area contributed by atoms with Gasteiger partial charge in [-0.2, -0.15) is 0 Å². The van der Waals surface area contributed by atoms with Crippen LogP contribution in [0.5, 0.6) is 0 Å². The molecule has 0 bridgehead atoms. The molecule has 0 radical (unpaired) electrons. The third kappa shape index (κ3) is 4.37. The molecule has 0 unspecified atom stereocenters. The van der Waals surface area contributed by atoms with Crippen molar-refractivity contribution in [3.05, 3.63) is 63.6 Å². The van der Waals surface area contributed by atoms with Crippen molar-refractivity contribution in [1.82, 2.24) is 4.90 Å². The number of anilines is 1. The van der Waals surface area contributed by atoms with Crippen LogP contribution in [0.25, 0.3) is 0 Å². The number of hydrogen-bond donors (Lipinski definition) is 1. The number of nitrogens with zero attached hydrogens (tertiary/aromatic N) is 1. The fraction of sp³-hybridized carbons (Fsp3) is 0.300. The second kappa shape index (κ2) is 8.11. The van der Waals surface area contributed by atoms with E-state index in [0.717, 1.165) is 25.9 Å². The van der Waals surface area contributed by atoms with Crippen LogP contribution in [0.4, 0.5) is 5.69 Å². The third-order valence-corrected chi connectivity index (χ3v) is 5.17. The van der Waals surface area contributed by atoms with Gasteiger partial charge in [0.25, 0.3) is 11.8 Å². The molecule has 0 aromatic heterocycles. The number of nitrogens with one attached hydrogen (secondary N) is 1. The summed E-state index contributed by atoms with van der Waals surface area (Å²) < 4.78 is 0. The van der Waals surface area contributed by atoms with Crippen molar-refractivity contribution in [2.24, 2.45) is 5.92 Å². The molecule has 3 rings (SSSR count). The van der Waals surface area contributed by atoms with E-state index in [1.807, 2.05) is 4.90 Å². The first-order valence-corrected chi connectivity index (χ1v) is 9.35. The van der Waals surface area contributed by atoms with Crippen LogP contribution in [0, 0.1) is 5.92 Å². The fourth-order valence-corrected chi connectivity index (χ4v) is 3.43. The van der Waals surface area contributed by atoms with E-state index in [9.17, 15) is 9.59 Å². The molecule has 6 heteroatoms. The molecular formula is C20H20Cl2N2O2. The van der Waals surface area contributed by atoms with Crippen LogP contribution in [0.1, 0.15) is 40.5 Å². The maximum atomic E-state index is 12.7. The highest BCUT2D eigenvalue weighted by Crippen LogP contribution is 2.26. The average molecular weight is 391 g/mol. The maximum Gasteiger partial charge on any atom is 0.255 e. The van der Waals surface area contributed by atoms with E-state index in [0.29, 0.717) is 32.8 Å². The van der Waals surface area contributed by atoms with Crippen molar-refractivity contribution in [3.63, 3.8) is 0 Å². The lowest BCUT2D eigenvalue weighted by Crippen LogP contribution is -2.38. The van der Waals surface area contributed by atoms with Gasteiger partial charge in [-0.05, 0) is 55.2 Å². The van der Waals surface area contributed by atoms with Crippen LogP contribution in [0.15, 0.2) is 42.5 Å². The predicted octanol–water partition coefficient (Wildman–Crippen LogP) is 5.12. The highest BCUT2D eigenvalue weighted by atomic mass is 35.5. The quantitative estimate of drug-likeness (QED) is 0.790. The molecule has 4 nitrogen and oxygen atoms in total. The summed E-state index contributed by atoms with van der Waals surface area (Å²) >= 11 is 12.0. The van der Waals surface area contributed by atoms with Gasteiger partial charge in [-0.1, -0.05) is 36.2 Å². The Kier molecular flexibility index (Phi) is 5.84. The summed E-state index contributed by atoms with van der Waals surface area (Å²) in [5, 5.41) is 3.61. The number of carbonyl (C=O) groups excluding carboxylic acids is 2. The van der Waals surface area contributed by atoms with E-state index in [1.54, 1.807) is 42.5 Å². The normalized spacial score (nSPS) is 15.0. The van der Waals surface area contributed by atoms with Crippen LogP contribution in [-0.2, 0) is 0 Å². The number of hydrogen-bond acceptors (Lipinski definition) is 2. The number of amides is 2. The Hall–Kier alpha value is -2.04. The number of rotatable bonds is 3. The summed E-state index contributed by atoms with van der Waals surface area (Å²) in [6.07, 6.45) is 2.03. The number of halogens is 2. The maximum absolute atomic E-state index is 12.7. The minimum absolute atomic E-state index is 0.0314. The molecule has 2 amide bonds. The molecule has 2 aromatic rings. The number of carbonyl (C=O) groups is 2. The monoisotopic (exact) mass is 390 g/mol. The first-order chi connectivity index (χ1) is 12.4. The molecule has 0 atom stereocenters. The van der Waals surface area contributed by atoms with Crippen LogP contribution in [-0.4, -0.2) is 29.8 Å². The second-order valence-corrected chi connectivity index (χ2v) is 7.48. The Morgan fingerprint density at radius 2 is 1.73 bits per heavy atom. The van der Waals surface area contributed by atoms with Gasteiger partial charge >= 0.3 is 0 Å². The van der Waals surface area contributed by atoms with E-state index in [4.69, 9.17) is 23.2 Å². The molecular weight excluding hydrogens is 371 g/mol. The number of piperidine rings is 1. The van der Waals surface area contributed by atoms with Crippen LogP contribution >= 0.6 is 23.2 Å².